The number of hydrogen-bond donors (Lipinski definition) is 1. The van der Waals surface area contributed by atoms with Crippen LogP contribution in [-0.2, 0) is 22.6 Å². The number of allylic oxidation sites excluding steroid dienone is 1. The van der Waals surface area contributed by atoms with E-state index >= 15 is 0 Å². The zero-order chi connectivity index (χ0) is 23.6. The molecule has 0 amide bonds. The van der Waals surface area contributed by atoms with Gasteiger partial charge in [-0.1, -0.05) is 26.0 Å². The first-order chi connectivity index (χ1) is 15.3. The highest BCUT2D eigenvalue weighted by molar-refractivity contribution is 5.94. The summed E-state index contributed by atoms with van der Waals surface area (Å²) in [6.45, 7) is 6.00. The lowest BCUT2D eigenvalue weighted by Gasteiger charge is -2.31. The van der Waals surface area contributed by atoms with Gasteiger partial charge >= 0.3 is 11.7 Å². The van der Waals surface area contributed by atoms with E-state index in [1.807, 2.05) is 13.8 Å². The van der Waals surface area contributed by atoms with Crippen LogP contribution in [0.1, 0.15) is 50.7 Å². The van der Waals surface area contributed by atoms with Crippen LogP contribution in [0.3, 0.4) is 0 Å². The van der Waals surface area contributed by atoms with Crippen LogP contribution in [0.25, 0.3) is 0 Å². The Kier molecular flexibility index (Phi) is 6.61. The Morgan fingerprint density at radius 3 is 2.44 bits per heavy atom. The molecule has 1 aliphatic heterocycles. The molecule has 1 aromatic heterocycles. The first-order valence-electron chi connectivity index (χ1n) is 10.4. The Morgan fingerprint density at radius 2 is 1.84 bits per heavy atom. The summed E-state index contributed by atoms with van der Waals surface area (Å²) in [6, 6.07) is 5.82. The van der Waals surface area contributed by atoms with Gasteiger partial charge in [-0.25, -0.2) is 9.59 Å². The van der Waals surface area contributed by atoms with Crippen LogP contribution >= 0.6 is 0 Å². The van der Waals surface area contributed by atoms with Gasteiger partial charge in [-0.3, -0.25) is 24.0 Å². The summed E-state index contributed by atoms with van der Waals surface area (Å²) in [7, 11) is 1.23. The molecule has 0 spiro atoms. The van der Waals surface area contributed by atoms with E-state index in [1.165, 1.54) is 29.9 Å². The number of non-ortho nitro benzene ring substituents is 1. The number of nitrogens with zero attached hydrogens (tertiary/aromatic N) is 3. The summed E-state index contributed by atoms with van der Waals surface area (Å²) in [5.74, 6) is -1.29. The topological polar surface area (TPSA) is 125 Å². The third-order valence-corrected chi connectivity index (χ3v) is 5.46. The van der Waals surface area contributed by atoms with Gasteiger partial charge in [0.1, 0.15) is 5.82 Å². The van der Waals surface area contributed by atoms with E-state index in [9.17, 15) is 24.5 Å². The zero-order valence-corrected chi connectivity index (χ0v) is 18.5. The molecule has 0 saturated carbocycles. The van der Waals surface area contributed by atoms with Crippen molar-refractivity contribution < 1.29 is 14.5 Å². The van der Waals surface area contributed by atoms with Crippen LogP contribution in [0, 0.1) is 10.1 Å². The Labute approximate surface area is 184 Å². The van der Waals surface area contributed by atoms with Crippen molar-refractivity contribution in [3.63, 3.8) is 0 Å². The molecule has 10 heteroatoms. The van der Waals surface area contributed by atoms with Crippen molar-refractivity contribution in [2.75, 3.05) is 12.4 Å². The van der Waals surface area contributed by atoms with Gasteiger partial charge < -0.3 is 10.1 Å². The fraction of sp³-hybridized carbons (Fsp3) is 0.409. The van der Waals surface area contributed by atoms with Crippen LogP contribution in [0.15, 0.2) is 45.1 Å². The molecule has 0 saturated heterocycles. The molecule has 1 aromatic carbocycles. The number of nitrogens with one attached hydrogen (secondary N) is 1. The molecule has 32 heavy (non-hydrogen) atoms. The van der Waals surface area contributed by atoms with Crippen LogP contribution < -0.4 is 16.6 Å². The number of nitro benzene ring substituents is 1. The molecule has 0 radical (unpaired) electrons. The van der Waals surface area contributed by atoms with Gasteiger partial charge in [-0.05, 0) is 25.3 Å². The Hall–Kier alpha value is -3.69. The van der Waals surface area contributed by atoms with Crippen LogP contribution in [0.4, 0.5) is 11.5 Å². The first kappa shape index (κ1) is 23.0. The fourth-order valence-corrected chi connectivity index (χ4v) is 4.11. The van der Waals surface area contributed by atoms with Gasteiger partial charge in [-0.2, -0.15) is 0 Å². The quantitative estimate of drug-likeness (QED) is 0.397. The number of carbonyl (C=O) groups is 1. The van der Waals surface area contributed by atoms with Crippen molar-refractivity contribution in [1.29, 1.82) is 0 Å². The number of carbonyl (C=O) groups excluding carboxylic acids is 1. The van der Waals surface area contributed by atoms with Gasteiger partial charge in [0.25, 0.3) is 11.2 Å². The molecule has 0 aliphatic carbocycles. The van der Waals surface area contributed by atoms with Crippen molar-refractivity contribution in [2.24, 2.45) is 0 Å². The molecule has 3 rings (SSSR count). The second kappa shape index (κ2) is 9.21. The second-order valence-corrected chi connectivity index (χ2v) is 7.59. The molecule has 1 aliphatic rings. The fourth-order valence-electron chi connectivity index (χ4n) is 4.11. The van der Waals surface area contributed by atoms with E-state index in [-0.39, 0.29) is 23.4 Å². The molecular weight excluding hydrogens is 416 g/mol. The van der Waals surface area contributed by atoms with E-state index in [2.05, 4.69) is 5.32 Å². The largest absolute Gasteiger partial charge is 0.466 e. The molecule has 0 fully saturated rings. The zero-order valence-electron chi connectivity index (χ0n) is 18.5. The number of aromatic nitrogens is 2. The molecule has 2 aromatic rings. The number of esters is 1. The van der Waals surface area contributed by atoms with Crippen molar-refractivity contribution in [1.82, 2.24) is 9.13 Å². The lowest BCUT2D eigenvalue weighted by atomic mass is 9.82. The maximum Gasteiger partial charge on any atom is 0.336 e. The summed E-state index contributed by atoms with van der Waals surface area (Å²) in [4.78, 5) is 50.3. The molecular formula is C22H26N4O6. The molecule has 170 valence electrons. The van der Waals surface area contributed by atoms with E-state index in [4.69, 9.17) is 4.74 Å². The maximum absolute atomic E-state index is 13.5. The van der Waals surface area contributed by atoms with Crippen molar-refractivity contribution >= 4 is 17.5 Å². The highest BCUT2D eigenvalue weighted by Gasteiger charge is 2.38. The number of hydrogen-bond acceptors (Lipinski definition) is 7. The lowest BCUT2D eigenvalue weighted by molar-refractivity contribution is -0.384. The van der Waals surface area contributed by atoms with Gasteiger partial charge in [0.2, 0.25) is 0 Å². The molecule has 1 N–H and O–H groups in total. The minimum absolute atomic E-state index is 0.166. The van der Waals surface area contributed by atoms with E-state index in [0.717, 1.165) is 4.57 Å². The van der Waals surface area contributed by atoms with Crippen LogP contribution in [0.2, 0.25) is 0 Å². The van der Waals surface area contributed by atoms with Gasteiger partial charge in [0, 0.05) is 30.9 Å². The maximum atomic E-state index is 13.5. The number of anilines is 1. The molecule has 1 unspecified atom stereocenters. The third kappa shape index (κ3) is 3.83. The van der Waals surface area contributed by atoms with Crippen molar-refractivity contribution in [2.45, 2.75) is 52.6 Å². The van der Waals surface area contributed by atoms with Gasteiger partial charge in [0.15, 0.2) is 0 Å². The Balaban J connectivity index is 2.45. The van der Waals surface area contributed by atoms with Gasteiger partial charge in [0.05, 0.1) is 29.1 Å². The summed E-state index contributed by atoms with van der Waals surface area (Å²) < 4.78 is 7.63. The minimum atomic E-state index is -0.932. The highest BCUT2D eigenvalue weighted by atomic mass is 16.6. The molecule has 0 bridgehead atoms. The SMILES string of the molecule is CCCn1c2c(c(=O)n(CCC)c1=O)C(c1cccc([N+](=O)[O-])c1)C(C(=O)OC)=C(C)N2. The Bertz CT molecular complexity index is 1220. The predicted octanol–water partition coefficient (Wildman–Crippen LogP) is 2.74. The van der Waals surface area contributed by atoms with Crippen LogP contribution in [-0.4, -0.2) is 27.1 Å². The number of rotatable bonds is 7. The standard InChI is InChI=1S/C22H26N4O6/c1-5-10-24-19-18(20(27)25(11-6-2)22(24)29)17(16(13(3)23-19)21(28)32-4)14-8-7-9-15(12-14)26(30)31/h7-9,12,17,23H,5-6,10-11H2,1-4H3. The number of benzene rings is 1. The number of fused-ring (bicyclic) bond motifs is 1. The first-order valence-corrected chi connectivity index (χ1v) is 10.4. The average Bonchev–Trinajstić information content (AvgIpc) is 2.78. The molecule has 10 nitrogen and oxygen atoms in total. The van der Waals surface area contributed by atoms with E-state index in [1.54, 1.807) is 13.0 Å². The monoisotopic (exact) mass is 442 g/mol. The number of ether oxygens (including phenoxy) is 1. The summed E-state index contributed by atoms with van der Waals surface area (Å²) in [6.07, 6.45) is 1.21. The molecule has 2 heterocycles. The number of nitro groups is 1. The normalized spacial score (nSPS) is 15.2. The van der Waals surface area contributed by atoms with Crippen molar-refractivity contribution in [3.8, 4) is 0 Å². The molecule has 1 atom stereocenters. The van der Waals surface area contributed by atoms with E-state index < -0.39 is 28.1 Å². The average molecular weight is 442 g/mol. The van der Waals surface area contributed by atoms with E-state index in [0.29, 0.717) is 36.5 Å². The van der Waals surface area contributed by atoms with Gasteiger partial charge in [-0.15, -0.1) is 0 Å². The second-order valence-electron chi connectivity index (χ2n) is 7.59. The number of methoxy groups -OCH3 is 1. The smallest absolute Gasteiger partial charge is 0.336 e. The van der Waals surface area contributed by atoms with Crippen molar-refractivity contribution in [3.05, 3.63) is 77.6 Å². The lowest BCUT2D eigenvalue weighted by Crippen LogP contribution is -2.45. The Morgan fingerprint density at radius 1 is 1.19 bits per heavy atom. The summed E-state index contributed by atoms with van der Waals surface area (Å²) in [5, 5.41) is 14.4. The summed E-state index contributed by atoms with van der Waals surface area (Å²) >= 11 is 0. The highest BCUT2D eigenvalue weighted by Crippen LogP contribution is 2.40. The minimum Gasteiger partial charge on any atom is -0.466 e. The predicted molar refractivity (Wildman–Crippen MR) is 119 cm³/mol. The summed E-state index contributed by atoms with van der Waals surface area (Å²) in [5.41, 5.74) is 0.0380. The third-order valence-electron chi connectivity index (χ3n) is 5.46. The van der Waals surface area contributed by atoms with Crippen LogP contribution in [0.5, 0.6) is 0 Å².